The molecule has 1 N–H and O–H groups in total. The van der Waals surface area contributed by atoms with Gasteiger partial charge in [-0.2, -0.15) is 0 Å². The number of thiazole rings is 1. The largest absolute Gasteiger partial charge is 0.330 e. The van der Waals surface area contributed by atoms with Crippen LogP contribution in [0, 0.1) is 6.92 Å². The molecule has 4 nitrogen and oxygen atoms in total. The number of carbonyl (C=O) groups is 1. The van der Waals surface area contributed by atoms with Crippen molar-refractivity contribution in [1.82, 2.24) is 15.2 Å². The van der Waals surface area contributed by atoms with Crippen LogP contribution < -0.4 is 5.32 Å². The first-order valence-corrected chi connectivity index (χ1v) is 9.17. The van der Waals surface area contributed by atoms with Gasteiger partial charge in [-0.25, -0.2) is 4.98 Å². The number of rotatable bonds is 2. The second-order valence-electron chi connectivity index (χ2n) is 6.44. The molecule has 1 aromatic heterocycles. The van der Waals surface area contributed by atoms with Crippen molar-refractivity contribution < 1.29 is 4.79 Å². The van der Waals surface area contributed by atoms with Crippen molar-refractivity contribution in [2.75, 3.05) is 13.1 Å². The van der Waals surface area contributed by atoms with Crippen LogP contribution in [0.3, 0.4) is 0 Å². The van der Waals surface area contributed by atoms with E-state index in [0.29, 0.717) is 17.8 Å². The van der Waals surface area contributed by atoms with Crippen LogP contribution in [0.25, 0.3) is 10.6 Å². The zero-order valence-electron chi connectivity index (χ0n) is 13.7. The van der Waals surface area contributed by atoms with Crippen molar-refractivity contribution in [3.05, 3.63) is 40.9 Å². The van der Waals surface area contributed by atoms with Gasteiger partial charge in [-0.15, -0.1) is 23.7 Å². The minimum Gasteiger partial charge on any atom is -0.330 e. The van der Waals surface area contributed by atoms with Gasteiger partial charge in [0, 0.05) is 29.6 Å². The molecule has 3 heterocycles. The summed E-state index contributed by atoms with van der Waals surface area (Å²) < 4.78 is 0. The van der Waals surface area contributed by atoms with E-state index in [1.807, 2.05) is 17.5 Å². The van der Waals surface area contributed by atoms with E-state index in [-0.39, 0.29) is 18.3 Å². The average Bonchev–Trinajstić information content (AvgIpc) is 3.11. The molecule has 4 rings (SSSR count). The van der Waals surface area contributed by atoms with Crippen molar-refractivity contribution in [1.29, 1.82) is 0 Å². The van der Waals surface area contributed by atoms with Crippen LogP contribution >= 0.6 is 23.7 Å². The van der Waals surface area contributed by atoms with E-state index >= 15 is 0 Å². The van der Waals surface area contributed by atoms with Gasteiger partial charge < -0.3 is 10.2 Å². The van der Waals surface area contributed by atoms with E-state index < -0.39 is 0 Å². The summed E-state index contributed by atoms with van der Waals surface area (Å²) in [6.07, 6.45) is 3.29. The van der Waals surface area contributed by atoms with E-state index in [1.165, 1.54) is 5.56 Å². The fourth-order valence-electron chi connectivity index (χ4n) is 3.75. The van der Waals surface area contributed by atoms with Gasteiger partial charge in [0.25, 0.3) is 5.91 Å². The molecule has 24 heavy (non-hydrogen) atoms. The zero-order valence-corrected chi connectivity index (χ0v) is 15.3. The maximum atomic E-state index is 13.0. The Bertz CT molecular complexity index is 719. The summed E-state index contributed by atoms with van der Waals surface area (Å²) in [4.78, 5) is 19.7. The standard InChI is InChI=1S/C18H21N3OS.ClH/c1-12-4-2-3-5-15(12)17-20-16(11-23-17)18(22)21-13-6-7-14(21)10-19-9-8-13;/h2-5,11,13-14,19H,6-10H2,1H3;1H. The number of benzene rings is 1. The van der Waals surface area contributed by atoms with E-state index in [9.17, 15) is 4.79 Å². The lowest BCUT2D eigenvalue weighted by Crippen LogP contribution is -2.42. The Labute approximate surface area is 152 Å². The summed E-state index contributed by atoms with van der Waals surface area (Å²) in [7, 11) is 0. The number of hydrogen-bond acceptors (Lipinski definition) is 4. The Balaban J connectivity index is 0.00000169. The van der Waals surface area contributed by atoms with Crippen LogP contribution in [0.1, 0.15) is 35.3 Å². The predicted octanol–water partition coefficient (Wildman–Crippen LogP) is 3.51. The molecule has 0 saturated carbocycles. The van der Waals surface area contributed by atoms with Crippen LogP contribution in [0.2, 0.25) is 0 Å². The molecule has 2 unspecified atom stereocenters. The lowest BCUT2D eigenvalue weighted by Gasteiger charge is -2.27. The number of aromatic nitrogens is 1. The molecule has 1 amide bonds. The maximum Gasteiger partial charge on any atom is 0.273 e. The van der Waals surface area contributed by atoms with Gasteiger partial charge in [0.2, 0.25) is 0 Å². The third-order valence-electron chi connectivity index (χ3n) is 4.99. The molecule has 0 radical (unpaired) electrons. The Kier molecular flexibility index (Phi) is 5.23. The third-order valence-corrected chi connectivity index (χ3v) is 5.86. The predicted molar refractivity (Wildman–Crippen MR) is 100 cm³/mol. The SMILES string of the molecule is Cc1ccccc1-c1nc(C(=O)N2C3CCNCC2CC3)cs1.Cl. The molecule has 2 saturated heterocycles. The highest BCUT2D eigenvalue weighted by molar-refractivity contribution is 7.13. The van der Waals surface area contributed by atoms with Crippen LogP contribution in [0.15, 0.2) is 29.6 Å². The van der Waals surface area contributed by atoms with Gasteiger partial charge >= 0.3 is 0 Å². The van der Waals surface area contributed by atoms with E-state index in [0.717, 1.165) is 42.9 Å². The normalized spacial score (nSPS) is 22.8. The van der Waals surface area contributed by atoms with E-state index in [1.54, 1.807) is 11.3 Å². The Morgan fingerprint density at radius 2 is 2.04 bits per heavy atom. The second kappa shape index (κ2) is 7.21. The number of halogens is 1. The molecule has 6 heteroatoms. The number of hydrogen-bond donors (Lipinski definition) is 1. The van der Waals surface area contributed by atoms with Crippen molar-refractivity contribution in [3.8, 4) is 10.6 Å². The number of fused-ring (bicyclic) bond motifs is 2. The van der Waals surface area contributed by atoms with E-state index in [4.69, 9.17) is 0 Å². The first kappa shape index (κ1) is 17.4. The smallest absolute Gasteiger partial charge is 0.273 e. The number of nitrogens with zero attached hydrogens (tertiary/aromatic N) is 2. The summed E-state index contributed by atoms with van der Waals surface area (Å²) in [6, 6.07) is 8.91. The highest BCUT2D eigenvalue weighted by Crippen LogP contribution is 2.31. The second-order valence-corrected chi connectivity index (χ2v) is 7.30. The summed E-state index contributed by atoms with van der Waals surface area (Å²) >= 11 is 1.56. The van der Waals surface area contributed by atoms with Gasteiger partial charge in [0.15, 0.2) is 0 Å². The highest BCUT2D eigenvalue weighted by Gasteiger charge is 2.39. The zero-order chi connectivity index (χ0) is 15.8. The van der Waals surface area contributed by atoms with Gasteiger partial charge in [0.1, 0.15) is 10.7 Å². The molecule has 2 aliphatic heterocycles. The first-order chi connectivity index (χ1) is 11.2. The van der Waals surface area contributed by atoms with Crippen LogP contribution in [0.5, 0.6) is 0 Å². The molecule has 2 aliphatic rings. The molecule has 2 aromatic rings. The monoisotopic (exact) mass is 363 g/mol. The van der Waals surface area contributed by atoms with Crippen molar-refractivity contribution in [2.45, 2.75) is 38.3 Å². The molecule has 128 valence electrons. The lowest BCUT2D eigenvalue weighted by molar-refractivity contribution is 0.0675. The number of nitrogens with one attached hydrogen (secondary N) is 1. The minimum absolute atomic E-state index is 0. The van der Waals surface area contributed by atoms with Gasteiger partial charge in [-0.3, -0.25) is 4.79 Å². The van der Waals surface area contributed by atoms with Crippen LogP contribution in [-0.4, -0.2) is 41.0 Å². The average molecular weight is 364 g/mol. The lowest BCUT2D eigenvalue weighted by atomic mass is 10.1. The van der Waals surface area contributed by atoms with Crippen LogP contribution in [-0.2, 0) is 0 Å². The quantitative estimate of drug-likeness (QED) is 0.888. The maximum absolute atomic E-state index is 13.0. The molecule has 2 bridgehead atoms. The third kappa shape index (κ3) is 3.08. The summed E-state index contributed by atoms with van der Waals surface area (Å²) in [5, 5.41) is 6.30. The molecule has 2 atom stereocenters. The molecule has 0 spiro atoms. The fraction of sp³-hybridized carbons (Fsp3) is 0.444. The van der Waals surface area contributed by atoms with Gasteiger partial charge in [-0.05, 0) is 38.3 Å². The molecular weight excluding hydrogens is 342 g/mol. The highest BCUT2D eigenvalue weighted by atomic mass is 35.5. The Hall–Kier alpha value is -1.43. The Morgan fingerprint density at radius 3 is 2.88 bits per heavy atom. The Morgan fingerprint density at radius 1 is 1.25 bits per heavy atom. The number of aryl methyl sites for hydroxylation is 1. The topological polar surface area (TPSA) is 45.2 Å². The molecular formula is C18H22ClN3OS. The van der Waals surface area contributed by atoms with E-state index in [2.05, 4.69) is 34.3 Å². The fourth-order valence-corrected chi connectivity index (χ4v) is 4.64. The number of carbonyl (C=O) groups excluding carboxylic acids is 1. The van der Waals surface area contributed by atoms with Crippen molar-refractivity contribution in [2.24, 2.45) is 0 Å². The summed E-state index contributed by atoms with van der Waals surface area (Å²) in [5.74, 6) is 0.109. The van der Waals surface area contributed by atoms with Gasteiger partial charge in [0.05, 0.1) is 0 Å². The first-order valence-electron chi connectivity index (χ1n) is 8.29. The van der Waals surface area contributed by atoms with Crippen molar-refractivity contribution in [3.63, 3.8) is 0 Å². The summed E-state index contributed by atoms with van der Waals surface area (Å²) in [6.45, 7) is 4.01. The van der Waals surface area contributed by atoms with Crippen LogP contribution in [0.4, 0.5) is 0 Å². The number of amides is 1. The summed E-state index contributed by atoms with van der Waals surface area (Å²) in [5.41, 5.74) is 2.92. The molecule has 0 aliphatic carbocycles. The van der Waals surface area contributed by atoms with Crippen molar-refractivity contribution >= 4 is 29.7 Å². The molecule has 1 aromatic carbocycles. The van der Waals surface area contributed by atoms with Gasteiger partial charge in [-0.1, -0.05) is 24.3 Å². The molecule has 2 fully saturated rings. The minimum atomic E-state index is 0.